The maximum absolute atomic E-state index is 14.5. The Morgan fingerprint density at radius 3 is 2.19 bits per heavy atom. The average Bonchev–Trinajstić information content (AvgIpc) is 2.79. The quantitative estimate of drug-likeness (QED) is 0.229. The number of unbranched alkanes of at least 4 members (excludes halogenated alkanes) is 9. The highest BCUT2D eigenvalue weighted by Crippen LogP contribution is 2.21. The Hall–Kier alpha value is -2.04. The first-order valence-electron chi connectivity index (χ1n) is 12.5. The van der Waals surface area contributed by atoms with Gasteiger partial charge in [0.25, 0.3) is 0 Å². The van der Waals surface area contributed by atoms with E-state index in [0.29, 0.717) is 42.1 Å². The van der Waals surface area contributed by atoms with Crippen LogP contribution in [0.4, 0.5) is 8.78 Å². The van der Waals surface area contributed by atoms with Crippen LogP contribution in [0, 0.1) is 5.82 Å². The summed E-state index contributed by atoms with van der Waals surface area (Å²) in [6.07, 6.45) is 16.6. The van der Waals surface area contributed by atoms with Crippen LogP contribution < -0.4 is 4.74 Å². The minimum Gasteiger partial charge on any atom is -0.490 e. The summed E-state index contributed by atoms with van der Waals surface area (Å²) in [7, 11) is 0. The number of alkyl halides is 1. The molecular formula is C27H40F2N2O. The van der Waals surface area contributed by atoms with Crippen molar-refractivity contribution in [3.63, 3.8) is 0 Å². The van der Waals surface area contributed by atoms with Crippen molar-refractivity contribution in [1.82, 2.24) is 9.97 Å². The molecule has 0 aliphatic heterocycles. The molecule has 0 aliphatic rings. The van der Waals surface area contributed by atoms with Gasteiger partial charge in [0.2, 0.25) is 0 Å². The van der Waals surface area contributed by atoms with Gasteiger partial charge in [0.15, 0.2) is 11.6 Å². The maximum atomic E-state index is 14.5. The lowest BCUT2D eigenvalue weighted by Gasteiger charge is -2.08. The van der Waals surface area contributed by atoms with Gasteiger partial charge in [-0.15, -0.1) is 0 Å². The summed E-state index contributed by atoms with van der Waals surface area (Å²) in [5, 5.41) is 0. The van der Waals surface area contributed by atoms with E-state index in [9.17, 15) is 8.78 Å². The molecule has 1 unspecified atom stereocenters. The molecule has 32 heavy (non-hydrogen) atoms. The zero-order chi connectivity index (χ0) is 23.0. The van der Waals surface area contributed by atoms with Crippen molar-refractivity contribution in [2.45, 2.75) is 103 Å². The van der Waals surface area contributed by atoms with Crippen LogP contribution in [0.1, 0.15) is 96.5 Å². The van der Waals surface area contributed by atoms with Crippen LogP contribution >= 0.6 is 0 Å². The molecule has 2 rings (SSSR count). The molecule has 5 heteroatoms. The molecule has 1 heterocycles. The second-order valence-electron chi connectivity index (χ2n) is 8.75. The van der Waals surface area contributed by atoms with Gasteiger partial charge in [-0.3, -0.25) is 0 Å². The van der Waals surface area contributed by atoms with Gasteiger partial charge in [-0.1, -0.05) is 76.8 Å². The lowest BCUT2D eigenvalue weighted by Crippen LogP contribution is -1.99. The molecule has 0 amide bonds. The summed E-state index contributed by atoms with van der Waals surface area (Å²) in [5.41, 5.74) is 1.35. The summed E-state index contributed by atoms with van der Waals surface area (Å²) in [6, 6.07) is 5.16. The Kier molecular flexibility index (Phi) is 12.9. The largest absolute Gasteiger partial charge is 0.490 e. The zero-order valence-corrected chi connectivity index (χ0v) is 19.9. The smallest absolute Gasteiger partial charge is 0.159 e. The normalized spacial score (nSPS) is 12.1. The van der Waals surface area contributed by atoms with E-state index in [1.165, 1.54) is 51.0 Å². The highest BCUT2D eigenvalue weighted by atomic mass is 19.1. The Labute approximate surface area is 193 Å². The Morgan fingerprint density at radius 1 is 0.875 bits per heavy atom. The minimum absolute atomic E-state index is 0.236. The van der Waals surface area contributed by atoms with Crippen LogP contribution in [0.15, 0.2) is 30.6 Å². The van der Waals surface area contributed by atoms with Gasteiger partial charge in [-0.25, -0.2) is 18.7 Å². The van der Waals surface area contributed by atoms with E-state index >= 15 is 0 Å². The summed E-state index contributed by atoms with van der Waals surface area (Å²) in [5.74, 6) is 0.906. The first kappa shape index (κ1) is 26.2. The molecule has 3 nitrogen and oxygen atoms in total. The third-order valence-electron chi connectivity index (χ3n) is 5.75. The Morgan fingerprint density at radius 2 is 1.53 bits per heavy atom. The average molecular weight is 447 g/mol. The van der Waals surface area contributed by atoms with Crippen LogP contribution in [0.3, 0.4) is 0 Å². The molecular weight excluding hydrogens is 406 g/mol. The third-order valence-corrected chi connectivity index (χ3v) is 5.75. The number of benzene rings is 1. The van der Waals surface area contributed by atoms with Crippen molar-refractivity contribution in [2.75, 3.05) is 6.61 Å². The molecule has 178 valence electrons. The summed E-state index contributed by atoms with van der Waals surface area (Å²) >= 11 is 0. The van der Waals surface area contributed by atoms with Gasteiger partial charge in [0.05, 0.1) is 25.2 Å². The molecule has 2 aromatic rings. The van der Waals surface area contributed by atoms with Crippen LogP contribution in [-0.4, -0.2) is 22.7 Å². The van der Waals surface area contributed by atoms with Crippen molar-refractivity contribution < 1.29 is 13.5 Å². The molecule has 0 radical (unpaired) electrons. The topological polar surface area (TPSA) is 35.0 Å². The number of aromatic nitrogens is 2. The fourth-order valence-electron chi connectivity index (χ4n) is 3.77. The molecule has 0 bridgehead atoms. The van der Waals surface area contributed by atoms with E-state index in [1.807, 2.05) is 6.07 Å². The zero-order valence-electron chi connectivity index (χ0n) is 19.9. The van der Waals surface area contributed by atoms with Crippen LogP contribution in [-0.2, 0) is 6.42 Å². The summed E-state index contributed by atoms with van der Waals surface area (Å²) in [4.78, 5) is 8.68. The standard InChI is InChI=1S/C27H40F2N2O/c1-3-4-5-6-7-8-9-13-18-32-25-20-30-27(31-21-25)24-17-16-23(26(29)19-24)15-12-10-11-14-22(2)28/h16-17,19-22H,3-15,18H2,1-2H3. The van der Waals surface area contributed by atoms with Gasteiger partial charge < -0.3 is 4.74 Å². The first-order valence-corrected chi connectivity index (χ1v) is 12.5. The maximum Gasteiger partial charge on any atom is 0.159 e. The molecule has 0 N–H and O–H groups in total. The van der Waals surface area contributed by atoms with E-state index in [4.69, 9.17) is 4.74 Å². The Bertz CT molecular complexity index is 750. The lowest BCUT2D eigenvalue weighted by molar-refractivity contribution is 0.302. The molecule has 1 aromatic carbocycles. The van der Waals surface area contributed by atoms with Crippen LogP contribution in [0.5, 0.6) is 5.75 Å². The van der Waals surface area contributed by atoms with Crippen molar-refractivity contribution in [1.29, 1.82) is 0 Å². The number of aryl methyl sites for hydroxylation is 1. The number of hydrogen-bond acceptors (Lipinski definition) is 3. The van der Waals surface area contributed by atoms with Crippen LogP contribution in [0.2, 0.25) is 0 Å². The number of hydrogen-bond donors (Lipinski definition) is 0. The monoisotopic (exact) mass is 446 g/mol. The minimum atomic E-state index is -0.757. The second kappa shape index (κ2) is 15.7. The lowest BCUT2D eigenvalue weighted by atomic mass is 10.0. The Balaban J connectivity index is 1.70. The van der Waals surface area contributed by atoms with Gasteiger partial charge in [0, 0.05) is 5.56 Å². The van der Waals surface area contributed by atoms with Crippen molar-refractivity contribution in [2.24, 2.45) is 0 Å². The van der Waals surface area contributed by atoms with E-state index in [1.54, 1.807) is 25.4 Å². The summed E-state index contributed by atoms with van der Waals surface area (Å²) in [6.45, 7) is 4.49. The predicted octanol–water partition coefficient (Wildman–Crippen LogP) is 8.26. The van der Waals surface area contributed by atoms with Crippen LogP contribution in [0.25, 0.3) is 11.4 Å². The molecule has 1 aromatic heterocycles. The third kappa shape index (κ3) is 10.5. The number of ether oxygens (including phenoxy) is 1. The van der Waals surface area contributed by atoms with Gasteiger partial charge in [0.1, 0.15) is 5.82 Å². The van der Waals surface area contributed by atoms with E-state index in [0.717, 1.165) is 25.7 Å². The van der Waals surface area contributed by atoms with Crippen molar-refractivity contribution >= 4 is 0 Å². The fraction of sp³-hybridized carbons (Fsp3) is 0.630. The fourth-order valence-corrected chi connectivity index (χ4v) is 3.77. The van der Waals surface area contributed by atoms with E-state index < -0.39 is 6.17 Å². The second-order valence-corrected chi connectivity index (χ2v) is 8.75. The van der Waals surface area contributed by atoms with E-state index in [2.05, 4.69) is 16.9 Å². The predicted molar refractivity (Wildman–Crippen MR) is 128 cm³/mol. The highest BCUT2D eigenvalue weighted by Gasteiger charge is 2.08. The number of halogens is 2. The molecule has 0 fully saturated rings. The number of nitrogens with zero attached hydrogens (tertiary/aromatic N) is 2. The highest BCUT2D eigenvalue weighted by molar-refractivity contribution is 5.55. The molecule has 0 aliphatic carbocycles. The van der Waals surface area contributed by atoms with Gasteiger partial charge >= 0.3 is 0 Å². The molecule has 0 spiro atoms. The first-order chi connectivity index (χ1) is 15.6. The van der Waals surface area contributed by atoms with Crippen molar-refractivity contribution in [3.05, 3.63) is 42.0 Å². The van der Waals surface area contributed by atoms with Gasteiger partial charge in [-0.2, -0.15) is 0 Å². The van der Waals surface area contributed by atoms with Crippen molar-refractivity contribution in [3.8, 4) is 17.1 Å². The number of rotatable bonds is 17. The molecule has 1 atom stereocenters. The van der Waals surface area contributed by atoms with Gasteiger partial charge in [-0.05, 0) is 44.2 Å². The molecule has 0 saturated heterocycles. The summed E-state index contributed by atoms with van der Waals surface area (Å²) < 4.78 is 33.0. The van der Waals surface area contributed by atoms with E-state index in [-0.39, 0.29) is 5.82 Å². The SMILES string of the molecule is CCCCCCCCCCOc1cnc(-c2ccc(CCCCCC(C)F)c(F)c2)nc1. The molecule has 0 saturated carbocycles.